The van der Waals surface area contributed by atoms with Crippen LogP contribution in [-0.2, 0) is 4.74 Å². The fourth-order valence-corrected chi connectivity index (χ4v) is 2.87. The second-order valence-electron chi connectivity index (χ2n) is 6.75. The van der Waals surface area contributed by atoms with Crippen molar-refractivity contribution in [1.29, 1.82) is 0 Å². The molecular weight excluding hydrogens is 218 g/mol. The first-order valence-corrected chi connectivity index (χ1v) is 6.37. The lowest BCUT2D eigenvalue weighted by molar-refractivity contribution is -0.119. The van der Waals surface area contributed by atoms with Gasteiger partial charge in [-0.25, -0.2) is 4.79 Å². The van der Waals surface area contributed by atoms with E-state index in [1.165, 1.54) is 0 Å². The van der Waals surface area contributed by atoms with Crippen LogP contribution in [0.25, 0.3) is 0 Å². The third kappa shape index (κ3) is 2.57. The molecule has 2 fully saturated rings. The quantitative estimate of drug-likeness (QED) is 0.764. The molecule has 2 rings (SSSR count). The van der Waals surface area contributed by atoms with Gasteiger partial charge in [-0.15, -0.1) is 0 Å². The molecular formula is C13H23NO3. The maximum absolute atomic E-state index is 11.7. The summed E-state index contributed by atoms with van der Waals surface area (Å²) in [5.74, 6) is 0.427. The van der Waals surface area contributed by atoms with E-state index in [0.717, 1.165) is 25.9 Å². The third-order valence-corrected chi connectivity index (χ3v) is 3.78. The number of aliphatic hydroxyl groups excluding tert-OH is 1. The highest BCUT2D eigenvalue weighted by Crippen LogP contribution is 2.53. The van der Waals surface area contributed by atoms with E-state index in [2.05, 4.69) is 0 Å². The summed E-state index contributed by atoms with van der Waals surface area (Å²) in [7, 11) is 0. The second-order valence-corrected chi connectivity index (χ2v) is 6.75. The highest BCUT2D eigenvalue weighted by Gasteiger charge is 2.55. The Balaban J connectivity index is 1.75. The van der Waals surface area contributed by atoms with Gasteiger partial charge in [0.25, 0.3) is 0 Å². The van der Waals surface area contributed by atoms with E-state index in [1.807, 2.05) is 27.7 Å². The second kappa shape index (κ2) is 3.87. The van der Waals surface area contributed by atoms with Crippen LogP contribution in [0.3, 0.4) is 0 Å². The number of amides is 1. The highest BCUT2D eigenvalue weighted by molar-refractivity contribution is 5.69. The monoisotopic (exact) mass is 241 g/mol. The van der Waals surface area contributed by atoms with Gasteiger partial charge in [0, 0.05) is 18.5 Å². The number of hydrogen-bond acceptors (Lipinski definition) is 3. The van der Waals surface area contributed by atoms with E-state index >= 15 is 0 Å². The van der Waals surface area contributed by atoms with Gasteiger partial charge in [-0.3, -0.25) is 0 Å². The topological polar surface area (TPSA) is 49.8 Å². The minimum Gasteiger partial charge on any atom is -0.444 e. The van der Waals surface area contributed by atoms with E-state index in [1.54, 1.807) is 4.90 Å². The molecule has 1 amide bonds. The Kier molecular flexibility index (Phi) is 2.89. The van der Waals surface area contributed by atoms with Crippen molar-refractivity contribution in [2.45, 2.75) is 52.2 Å². The van der Waals surface area contributed by atoms with Crippen molar-refractivity contribution >= 4 is 6.09 Å². The van der Waals surface area contributed by atoms with Gasteiger partial charge in [-0.2, -0.15) is 0 Å². The Hall–Kier alpha value is -0.770. The molecule has 98 valence electrons. The Morgan fingerprint density at radius 3 is 2.35 bits per heavy atom. The van der Waals surface area contributed by atoms with E-state index in [0.29, 0.717) is 11.3 Å². The van der Waals surface area contributed by atoms with Crippen molar-refractivity contribution in [1.82, 2.24) is 4.90 Å². The first-order valence-electron chi connectivity index (χ1n) is 6.37. The molecule has 4 heteroatoms. The average Bonchev–Trinajstić information content (AvgIpc) is 1.93. The molecule has 1 saturated heterocycles. The van der Waals surface area contributed by atoms with E-state index in [4.69, 9.17) is 4.74 Å². The summed E-state index contributed by atoms with van der Waals surface area (Å²) in [4.78, 5) is 13.5. The van der Waals surface area contributed by atoms with Crippen LogP contribution in [0.5, 0.6) is 0 Å². The van der Waals surface area contributed by atoms with Crippen molar-refractivity contribution in [3.63, 3.8) is 0 Å². The van der Waals surface area contributed by atoms with Crippen LogP contribution in [0.2, 0.25) is 0 Å². The van der Waals surface area contributed by atoms with Crippen LogP contribution >= 0.6 is 0 Å². The molecule has 0 radical (unpaired) electrons. The van der Waals surface area contributed by atoms with Gasteiger partial charge >= 0.3 is 6.09 Å². The van der Waals surface area contributed by atoms with E-state index in [9.17, 15) is 9.90 Å². The SMILES string of the molecule is CC(O)C1CC2(C1)CN(C(=O)OC(C)(C)C)C2. The number of likely N-dealkylation sites (tertiary alicyclic amines) is 1. The number of nitrogens with zero attached hydrogens (tertiary/aromatic N) is 1. The lowest BCUT2D eigenvalue weighted by Crippen LogP contribution is -2.65. The first kappa shape index (κ1) is 12.7. The van der Waals surface area contributed by atoms with Crippen LogP contribution in [0, 0.1) is 11.3 Å². The maximum atomic E-state index is 11.7. The number of carbonyl (C=O) groups excluding carboxylic acids is 1. The lowest BCUT2D eigenvalue weighted by atomic mass is 9.56. The molecule has 4 nitrogen and oxygen atoms in total. The van der Waals surface area contributed by atoms with Crippen LogP contribution in [0.4, 0.5) is 4.79 Å². The summed E-state index contributed by atoms with van der Waals surface area (Å²) < 4.78 is 5.32. The molecule has 2 aliphatic rings. The van der Waals surface area contributed by atoms with Crippen molar-refractivity contribution in [3.05, 3.63) is 0 Å². The van der Waals surface area contributed by atoms with Crippen LogP contribution < -0.4 is 0 Å². The van der Waals surface area contributed by atoms with E-state index in [-0.39, 0.29) is 12.2 Å². The summed E-state index contributed by atoms with van der Waals surface area (Å²) in [6.45, 7) is 9.09. The van der Waals surface area contributed by atoms with Crippen molar-refractivity contribution in [2.75, 3.05) is 13.1 Å². The Bertz CT molecular complexity index is 305. The zero-order valence-corrected chi connectivity index (χ0v) is 11.2. The summed E-state index contributed by atoms with van der Waals surface area (Å²) in [5.41, 5.74) is -0.125. The Labute approximate surface area is 103 Å². The highest BCUT2D eigenvalue weighted by atomic mass is 16.6. The zero-order chi connectivity index (χ0) is 12.8. The summed E-state index contributed by atoms with van der Waals surface area (Å²) in [5, 5.41) is 9.45. The van der Waals surface area contributed by atoms with Crippen molar-refractivity contribution in [3.8, 4) is 0 Å². The molecule has 1 N–H and O–H groups in total. The maximum Gasteiger partial charge on any atom is 0.410 e. The van der Waals surface area contributed by atoms with Gasteiger partial charge in [-0.1, -0.05) is 0 Å². The van der Waals surface area contributed by atoms with Crippen LogP contribution in [0.1, 0.15) is 40.5 Å². The molecule has 1 spiro atoms. The zero-order valence-electron chi connectivity index (χ0n) is 11.2. The molecule has 0 aromatic heterocycles. The molecule has 1 atom stereocenters. The fraction of sp³-hybridized carbons (Fsp3) is 0.923. The molecule has 0 bridgehead atoms. The third-order valence-electron chi connectivity index (χ3n) is 3.78. The molecule has 17 heavy (non-hydrogen) atoms. The predicted molar refractivity (Wildman–Crippen MR) is 64.6 cm³/mol. The fourth-order valence-electron chi connectivity index (χ4n) is 2.87. The molecule has 1 aliphatic heterocycles. The van der Waals surface area contributed by atoms with Gasteiger partial charge in [0.1, 0.15) is 5.60 Å². The van der Waals surface area contributed by atoms with E-state index < -0.39 is 5.60 Å². The molecule has 0 aromatic rings. The minimum absolute atomic E-state index is 0.205. The summed E-state index contributed by atoms with van der Waals surface area (Å²) >= 11 is 0. The largest absolute Gasteiger partial charge is 0.444 e. The van der Waals surface area contributed by atoms with Crippen LogP contribution in [-0.4, -0.2) is 40.9 Å². The number of hydrogen-bond donors (Lipinski definition) is 1. The number of aliphatic hydroxyl groups is 1. The Morgan fingerprint density at radius 1 is 1.41 bits per heavy atom. The molecule has 0 aromatic carbocycles. The number of rotatable bonds is 1. The van der Waals surface area contributed by atoms with Crippen molar-refractivity contribution in [2.24, 2.45) is 11.3 Å². The Morgan fingerprint density at radius 2 is 1.94 bits per heavy atom. The summed E-state index contributed by atoms with van der Waals surface area (Å²) in [6, 6.07) is 0. The number of ether oxygens (including phenoxy) is 1. The standard InChI is InChI=1S/C13H23NO3/c1-9(15)10-5-13(6-10)7-14(8-13)11(16)17-12(2,3)4/h9-10,15H,5-8H2,1-4H3. The smallest absolute Gasteiger partial charge is 0.410 e. The number of carbonyl (C=O) groups is 1. The first-order chi connectivity index (χ1) is 7.71. The van der Waals surface area contributed by atoms with Gasteiger partial charge in [-0.05, 0) is 46.5 Å². The lowest BCUT2D eigenvalue weighted by Gasteiger charge is -2.59. The normalized spacial score (nSPS) is 25.1. The predicted octanol–water partition coefficient (Wildman–Crippen LogP) is 2.01. The van der Waals surface area contributed by atoms with Crippen molar-refractivity contribution < 1.29 is 14.6 Å². The average molecular weight is 241 g/mol. The van der Waals surface area contributed by atoms with Gasteiger partial charge in [0.2, 0.25) is 0 Å². The summed E-state index contributed by atoms with van der Waals surface area (Å²) in [6.07, 6.45) is 1.67. The minimum atomic E-state index is -0.415. The van der Waals surface area contributed by atoms with Gasteiger partial charge in [0.15, 0.2) is 0 Å². The van der Waals surface area contributed by atoms with Crippen LogP contribution in [0.15, 0.2) is 0 Å². The molecule has 1 saturated carbocycles. The van der Waals surface area contributed by atoms with Gasteiger partial charge < -0.3 is 14.7 Å². The molecule has 1 unspecified atom stereocenters. The van der Waals surface area contributed by atoms with Gasteiger partial charge in [0.05, 0.1) is 6.10 Å². The molecule has 1 aliphatic carbocycles. The molecule has 1 heterocycles.